The number of aryl methyl sites for hydroxylation is 1. The van der Waals surface area contributed by atoms with E-state index in [2.05, 4.69) is 54.4 Å². The summed E-state index contributed by atoms with van der Waals surface area (Å²) in [6.07, 6.45) is 1.05. The first kappa shape index (κ1) is 16.2. The van der Waals surface area contributed by atoms with Crippen molar-refractivity contribution >= 4 is 28.8 Å². The van der Waals surface area contributed by atoms with Crippen molar-refractivity contribution in [2.45, 2.75) is 53.0 Å². The van der Waals surface area contributed by atoms with E-state index in [1.807, 2.05) is 6.92 Å². The van der Waals surface area contributed by atoms with E-state index in [1.54, 1.807) is 11.3 Å². The molecule has 0 fully saturated rings. The maximum atomic E-state index is 6.26. The van der Waals surface area contributed by atoms with Gasteiger partial charge in [-0.25, -0.2) is 9.97 Å². The van der Waals surface area contributed by atoms with Gasteiger partial charge in [0.1, 0.15) is 16.8 Å². The molecule has 2 rings (SSSR count). The van der Waals surface area contributed by atoms with E-state index in [0.717, 1.165) is 30.2 Å². The van der Waals surface area contributed by atoms with Gasteiger partial charge >= 0.3 is 0 Å². The summed E-state index contributed by atoms with van der Waals surface area (Å²) < 4.78 is 0. The molecule has 0 saturated heterocycles. The van der Waals surface area contributed by atoms with Gasteiger partial charge in [-0.1, -0.05) is 39.3 Å². The Hall–Kier alpha value is -1.13. The number of halogens is 1. The van der Waals surface area contributed by atoms with Crippen molar-refractivity contribution in [2.24, 2.45) is 0 Å². The second-order valence-electron chi connectivity index (χ2n) is 6.14. The monoisotopic (exact) mass is 323 g/mol. The number of anilines is 1. The smallest absolute Gasteiger partial charge is 0.137 e. The van der Waals surface area contributed by atoms with Crippen LogP contribution in [-0.4, -0.2) is 9.97 Å². The van der Waals surface area contributed by atoms with Crippen molar-refractivity contribution in [3.63, 3.8) is 0 Å². The molecule has 0 atom stereocenters. The highest BCUT2D eigenvalue weighted by atomic mass is 35.5. The summed E-state index contributed by atoms with van der Waals surface area (Å²) in [7, 11) is 0. The number of hydrogen-bond acceptors (Lipinski definition) is 4. The molecular weight excluding hydrogens is 302 g/mol. The van der Waals surface area contributed by atoms with Crippen LogP contribution in [0.2, 0.25) is 5.15 Å². The first-order chi connectivity index (χ1) is 9.82. The molecular formula is C16H22ClN3S. The van der Waals surface area contributed by atoms with Crippen LogP contribution in [0.3, 0.4) is 0 Å². The average Bonchev–Trinajstić information content (AvgIpc) is 2.86. The van der Waals surface area contributed by atoms with Crippen LogP contribution in [0, 0.1) is 6.92 Å². The minimum absolute atomic E-state index is 0.120. The molecule has 0 aromatic carbocycles. The number of aromatic nitrogens is 2. The largest absolute Gasteiger partial charge is 0.365 e. The van der Waals surface area contributed by atoms with E-state index in [-0.39, 0.29) is 5.41 Å². The predicted molar refractivity (Wildman–Crippen MR) is 91.5 cm³/mol. The van der Waals surface area contributed by atoms with Gasteiger partial charge in [0.25, 0.3) is 0 Å². The topological polar surface area (TPSA) is 37.8 Å². The Balaban J connectivity index is 2.25. The van der Waals surface area contributed by atoms with Gasteiger partial charge < -0.3 is 5.32 Å². The Bertz CT molecular complexity index is 629. The molecule has 0 aliphatic carbocycles. The second-order valence-corrected chi connectivity index (χ2v) is 7.50. The zero-order valence-corrected chi connectivity index (χ0v) is 14.8. The molecule has 2 heterocycles. The molecule has 114 valence electrons. The molecule has 1 N–H and O–H groups in total. The van der Waals surface area contributed by atoms with Crippen molar-refractivity contribution in [2.75, 3.05) is 5.32 Å². The molecule has 0 radical (unpaired) electrons. The first-order valence-corrected chi connectivity index (χ1v) is 8.42. The van der Waals surface area contributed by atoms with Gasteiger partial charge in [-0.3, -0.25) is 0 Å². The van der Waals surface area contributed by atoms with Crippen molar-refractivity contribution in [1.82, 2.24) is 9.97 Å². The molecule has 2 aromatic heterocycles. The van der Waals surface area contributed by atoms with Gasteiger partial charge in [0, 0.05) is 15.9 Å². The molecule has 0 amide bonds. The van der Waals surface area contributed by atoms with Crippen LogP contribution < -0.4 is 5.32 Å². The van der Waals surface area contributed by atoms with E-state index < -0.39 is 0 Å². The third-order valence-corrected chi connectivity index (χ3v) is 4.72. The van der Waals surface area contributed by atoms with E-state index in [9.17, 15) is 0 Å². The summed E-state index contributed by atoms with van der Waals surface area (Å²) in [5.41, 5.74) is 2.17. The fourth-order valence-corrected chi connectivity index (χ4v) is 3.08. The highest BCUT2D eigenvalue weighted by Crippen LogP contribution is 2.27. The fourth-order valence-electron chi connectivity index (χ4n) is 2.00. The van der Waals surface area contributed by atoms with Gasteiger partial charge in [0.15, 0.2) is 0 Å². The van der Waals surface area contributed by atoms with Gasteiger partial charge in [-0.05, 0) is 30.4 Å². The van der Waals surface area contributed by atoms with Crippen molar-refractivity contribution in [3.05, 3.63) is 38.4 Å². The van der Waals surface area contributed by atoms with Crippen LogP contribution in [0.15, 0.2) is 11.4 Å². The molecule has 3 nitrogen and oxygen atoms in total. The summed E-state index contributed by atoms with van der Waals surface area (Å²) in [5, 5.41) is 6.08. The van der Waals surface area contributed by atoms with E-state index >= 15 is 0 Å². The maximum Gasteiger partial charge on any atom is 0.137 e. The Labute approximate surface area is 135 Å². The SMILES string of the molecule is CCc1ccsc1CNc1nc(C(C)(C)C)nc(Cl)c1C. The van der Waals surface area contributed by atoms with Crippen LogP contribution >= 0.6 is 22.9 Å². The highest BCUT2D eigenvalue weighted by Gasteiger charge is 2.20. The van der Waals surface area contributed by atoms with Crippen molar-refractivity contribution in [3.8, 4) is 0 Å². The maximum absolute atomic E-state index is 6.26. The Morgan fingerprint density at radius 2 is 2.00 bits per heavy atom. The summed E-state index contributed by atoms with van der Waals surface area (Å²) in [5.74, 6) is 1.60. The van der Waals surface area contributed by atoms with Crippen LogP contribution in [0.5, 0.6) is 0 Å². The van der Waals surface area contributed by atoms with Crippen LogP contribution in [0.4, 0.5) is 5.82 Å². The third-order valence-electron chi connectivity index (χ3n) is 3.39. The zero-order valence-electron chi connectivity index (χ0n) is 13.2. The molecule has 0 aliphatic rings. The minimum atomic E-state index is -0.120. The van der Waals surface area contributed by atoms with Gasteiger partial charge in [-0.2, -0.15) is 0 Å². The minimum Gasteiger partial charge on any atom is -0.365 e. The fraction of sp³-hybridized carbons (Fsp3) is 0.500. The third kappa shape index (κ3) is 3.74. The second kappa shape index (κ2) is 6.32. The lowest BCUT2D eigenvalue weighted by Crippen LogP contribution is -2.18. The Morgan fingerprint density at radius 3 is 2.62 bits per heavy atom. The number of thiophene rings is 1. The Kier molecular flexibility index (Phi) is 4.89. The lowest BCUT2D eigenvalue weighted by molar-refractivity contribution is 0.545. The van der Waals surface area contributed by atoms with Crippen LogP contribution in [-0.2, 0) is 18.4 Å². The van der Waals surface area contributed by atoms with E-state index in [0.29, 0.717) is 5.15 Å². The quantitative estimate of drug-likeness (QED) is 0.807. The number of hydrogen-bond donors (Lipinski definition) is 1. The number of nitrogens with zero attached hydrogens (tertiary/aromatic N) is 2. The predicted octanol–water partition coefficient (Wildman–Crippen LogP) is 4.97. The van der Waals surface area contributed by atoms with E-state index in [4.69, 9.17) is 11.6 Å². The first-order valence-electron chi connectivity index (χ1n) is 7.16. The zero-order chi connectivity index (χ0) is 15.6. The van der Waals surface area contributed by atoms with Crippen molar-refractivity contribution in [1.29, 1.82) is 0 Å². The van der Waals surface area contributed by atoms with Crippen molar-refractivity contribution < 1.29 is 0 Å². The standard InChI is InChI=1S/C16H22ClN3S/c1-6-11-7-8-21-12(11)9-18-14-10(2)13(17)19-15(20-14)16(3,4)5/h7-8H,6,9H2,1-5H3,(H,18,19,20). The summed E-state index contributed by atoms with van der Waals surface area (Å²) in [4.78, 5) is 10.4. The molecule has 0 aliphatic heterocycles. The molecule has 21 heavy (non-hydrogen) atoms. The molecule has 0 unspecified atom stereocenters. The molecule has 5 heteroatoms. The molecule has 2 aromatic rings. The average molecular weight is 324 g/mol. The van der Waals surface area contributed by atoms with Gasteiger partial charge in [0.2, 0.25) is 0 Å². The molecule has 0 bridgehead atoms. The van der Waals surface area contributed by atoms with E-state index in [1.165, 1.54) is 10.4 Å². The summed E-state index contributed by atoms with van der Waals surface area (Å²) in [6, 6.07) is 2.18. The van der Waals surface area contributed by atoms with Gasteiger partial charge in [-0.15, -0.1) is 11.3 Å². The lowest BCUT2D eigenvalue weighted by atomic mass is 9.95. The highest BCUT2D eigenvalue weighted by molar-refractivity contribution is 7.10. The van der Waals surface area contributed by atoms with Crippen LogP contribution in [0.25, 0.3) is 0 Å². The number of rotatable bonds is 4. The van der Waals surface area contributed by atoms with Crippen LogP contribution in [0.1, 0.15) is 49.5 Å². The number of nitrogens with one attached hydrogen (secondary N) is 1. The Morgan fingerprint density at radius 1 is 1.29 bits per heavy atom. The van der Waals surface area contributed by atoms with Gasteiger partial charge in [0.05, 0.1) is 6.54 Å². The lowest BCUT2D eigenvalue weighted by Gasteiger charge is -2.19. The normalized spacial score (nSPS) is 11.7. The molecule has 0 spiro atoms. The summed E-state index contributed by atoms with van der Waals surface area (Å²) >= 11 is 8.03. The summed E-state index contributed by atoms with van der Waals surface area (Å²) in [6.45, 7) is 11.2. The molecule has 0 saturated carbocycles.